The van der Waals surface area contributed by atoms with E-state index in [9.17, 15) is 32.7 Å². The first-order valence-electron chi connectivity index (χ1n) is 14.2. The lowest BCUT2D eigenvalue weighted by Gasteiger charge is -2.37. The summed E-state index contributed by atoms with van der Waals surface area (Å²) in [5.41, 5.74) is -2.08. The predicted octanol–water partition coefficient (Wildman–Crippen LogP) is 2.97. The second-order valence-electron chi connectivity index (χ2n) is 11.3. The number of carbonyl (C=O) groups excluding carboxylic acids is 3. The van der Waals surface area contributed by atoms with Gasteiger partial charge in [0, 0.05) is 51.7 Å². The molecule has 12 nitrogen and oxygen atoms in total. The number of nitrogens with one attached hydrogen (secondary N) is 2. The topological polar surface area (TPSA) is 138 Å². The third kappa shape index (κ3) is 6.39. The number of piperazine rings is 1. The van der Waals surface area contributed by atoms with Gasteiger partial charge in [-0.1, -0.05) is 11.6 Å². The molecular weight excluding hydrogens is 640 g/mol. The molecule has 1 unspecified atom stereocenters. The van der Waals surface area contributed by atoms with Gasteiger partial charge in [-0.25, -0.2) is 4.98 Å². The number of nitrogens with zero attached hydrogens (tertiary/aromatic N) is 6. The zero-order valence-corrected chi connectivity index (χ0v) is 25.7. The zero-order valence-electron chi connectivity index (χ0n) is 24.1. The van der Waals surface area contributed by atoms with E-state index in [2.05, 4.69) is 20.7 Å². The van der Waals surface area contributed by atoms with Crippen LogP contribution in [0.25, 0.3) is 11.3 Å². The van der Waals surface area contributed by atoms with Gasteiger partial charge in [-0.15, -0.1) is 12.4 Å². The average Bonchev–Trinajstić information content (AvgIpc) is 3.37. The molecule has 0 radical (unpaired) electrons. The molecule has 1 aliphatic carbocycles. The standard InChI is InChI=1S/C28H30ClF3N8O4.ClH/c1-37-21(19-14-40(17-3-4-17)36-22(19)28(30,31)32)13-34-23(37)24(41)35-16-2-5-18(20(29)12-16)25(42)38-8-10-39(11-9-38)26(43)27(44)6-7-33-15-27;/h2,5,12-14,17,33,44H,3-4,6-11,15H2,1H3,(H,35,41);1H. The molecule has 1 aromatic carbocycles. The van der Waals surface area contributed by atoms with Crippen LogP contribution in [0.4, 0.5) is 18.9 Å². The Labute approximate surface area is 266 Å². The second kappa shape index (κ2) is 12.3. The molecule has 2 saturated heterocycles. The van der Waals surface area contributed by atoms with Crippen LogP contribution in [-0.2, 0) is 18.0 Å². The van der Waals surface area contributed by atoms with E-state index in [0.29, 0.717) is 13.0 Å². The van der Waals surface area contributed by atoms with Gasteiger partial charge in [0.25, 0.3) is 17.7 Å². The van der Waals surface area contributed by atoms with Gasteiger partial charge in [-0.05, 0) is 44.0 Å². The number of aromatic nitrogens is 4. The van der Waals surface area contributed by atoms with Gasteiger partial charge < -0.3 is 30.1 Å². The first kappa shape index (κ1) is 32.7. The quantitative estimate of drug-likeness (QED) is 0.367. The van der Waals surface area contributed by atoms with Crippen LogP contribution in [0, 0.1) is 0 Å². The molecule has 45 heavy (non-hydrogen) atoms. The maximum atomic E-state index is 13.7. The van der Waals surface area contributed by atoms with Crippen LogP contribution in [0.2, 0.25) is 5.02 Å². The Bertz CT molecular complexity index is 1620. The molecule has 4 heterocycles. The van der Waals surface area contributed by atoms with Crippen molar-refractivity contribution in [1.29, 1.82) is 0 Å². The summed E-state index contributed by atoms with van der Waals surface area (Å²) in [4.78, 5) is 46.2. The van der Waals surface area contributed by atoms with Crippen molar-refractivity contribution in [2.24, 2.45) is 7.05 Å². The van der Waals surface area contributed by atoms with E-state index in [1.54, 1.807) is 9.80 Å². The lowest BCUT2D eigenvalue weighted by atomic mass is 10.0. The van der Waals surface area contributed by atoms with E-state index in [0.717, 1.165) is 12.8 Å². The fourth-order valence-corrected chi connectivity index (χ4v) is 5.84. The smallest absolute Gasteiger partial charge is 0.379 e. The van der Waals surface area contributed by atoms with Crippen molar-refractivity contribution in [3.63, 3.8) is 0 Å². The molecule has 1 saturated carbocycles. The first-order valence-corrected chi connectivity index (χ1v) is 14.5. The van der Waals surface area contributed by atoms with Crippen molar-refractivity contribution < 1.29 is 32.7 Å². The van der Waals surface area contributed by atoms with Crippen LogP contribution < -0.4 is 10.6 Å². The first-order chi connectivity index (χ1) is 20.9. The maximum Gasteiger partial charge on any atom is 0.435 e. The fourth-order valence-electron chi connectivity index (χ4n) is 5.58. The lowest BCUT2D eigenvalue weighted by Crippen LogP contribution is -2.57. The molecule has 0 spiro atoms. The summed E-state index contributed by atoms with van der Waals surface area (Å²) in [5.74, 6) is -1.50. The van der Waals surface area contributed by atoms with E-state index in [1.165, 1.54) is 46.9 Å². The van der Waals surface area contributed by atoms with Gasteiger partial charge in [-0.2, -0.15) is 18.3 Å². The lowest BCUT2D eigenvalue weighted by molar-refractivity contribution is -0.150. The maximum absolute atomic E-state index is 13.7. The minimum Gasteiger partial charge on any atom is -0.379 e. The largest absolute Gasteiger partial charge is 0.435 e. The molecule has 3 aromatic rings. The number of rotatable bonds is 6. The van der Waals surface area contributed by atoms with Gasteiger partial charge in [0.05, 0.1) is 34.1 Å². The summed E-state index contributed by atoms with van der Waals surface area (Å²) in [7, 11) is 1.44. The predicted molar refractivity (Wildman–Crippen MR) is 159 cm³/mol. The number of imidazole rings is 1. The molecular formula is C28H31Cl2F3N8O4. The van der Waals surface area contributed by atoms with Crippen molar-refractivity contribution in [2.75, 3.05) is 44.6 Å². The molecule has 1 atom stereocenters. The van der Waals surface area contributed by atoms with Gasteiger partial charge in [0.1, 0.15) is 0 Å². The Balaban J connectivity index is 0.00000400. The third-order valence-corrected chi connectivity index (χ3v) is 8.54. The average molecular weight is 672 g/mol. The van der Waals surface area contributed by atoms with Crippen LogP contribution >= 0.6 is 24.0 Å². The molecule has 3 fully saturated rings. The van der Waals surface area contributed by atoms with E-state index >= 15 is 0 Å². The van der Waals surface area contributed by atoms with Gasteiger partial charge in [0.2, 0.25) is 0 Å². The number of halogens is 5. The zero-order chi connectivity index (χ0) is 31.4. The molecule has 6 rings (SSSR count). The van der Waals surface area contributed by atoms with Crippen molar-refractivity contribution in [2.45, 2.75) is 37.1 Å². The number of aliphatic hydroxyl groups is 1. The number of amides is 3. The Kier molecular flexibility index (Phi) is 8.92. The van der Waals surface area contributed by atoms with Crippen LogP contribution in [0.15, 0.2) is 30.6 Å². The second-order valence-corrected chi connectivity index (χ2v) is 11.7. The van der Waals surface area contributed by atoms with Gasteiger partial charge in [-0.3, -0.25) is 19.1 Å². The molecule has 3 N–H and O–H groups in total. The normalized spacial score (nSPS) is 20.2. The van der Waals surface area contributed by atoms with Gasteiger partial charge in [0.15, 0.2) is 17.1 Å². The summed E-state index contributed by atoms with van der Waals surface area (Å²) < 4.78 is 43.8. The Hall–Kier alpha value is -3.66. The number of hydrogen-bond acceptors (Lipinski definition) is 7. The highest BCUT2D eigenvalue weighted by molar-refractivity contribution is 6.34. The van der Waals surface area contributed by atoms with E-state index in [1.807, 2.05) is 0 Å². The molecule has 242 valence electrons. The van der Waals surface area contributed by atoms with E-state index < -0.39 is 23.4 Å². The Morgan fingerprint density at radius 1 is 1.13 bits per heavy atom. The van der Waals surface area contributed by atoms with Crippen LogP contribution in [0.5, 0.6) is 0 Å². The molecule has 2 aromatic heterocycles. The van der Waals surface area contributed by atoms with Crippen LogP contribution in [-0.4, -0.2) is 96.8 Å². The highest BCUT2D eigenvalue weighted by Crippen LogP contribution is 2.41. The highest BCUT2D eigenvalue weighted by atomic mass is 35.5. The van der Waals surface area contributed by atoms with Crippen molar-refractivity contribution in [1.82, 2.24) is 34.4 Å². The van der Waals surface area contributed by atoms with Crippen LogP contribution in [0.3, 0.4) is 0 Å². The molecule has 2 aliphatic heterocycles. The minimum absolute atomic E-state index is 0. The minimum atomic E-state index is -4.68. The third-order valence-electron chi connectivity index (χ3n) is 8.23. The van der Waals surface area contributed by atoms with Crippen molar-refractivity contribution in [3.05, 3.63) is 52.7 Å². The number of anilines is 1. The Morgan fingerprint density at radius 3 is 2.42 bits per heavy atom. The molecule has 0 bridgehead atoms. The van der Waals surface area contributed by atoms with E-state index in [4.69, 9.17) is 11.6 Å². The van der Waals surface area contributed by atoms with Gasteiger partial charge >= 0.3 is 6.18 Å². The summed E-state index contributed by atoms with van der Waals surface area (Å²) >= 11 is 6.42. The molecule has 3 aliphatic rings. The summed E-state index contributed by atoms with van der Waals surface area (Å²) in [6.45, 7) is 1.84. The summed E-state index contributed by atoms with van der Waals surface area (Å²) in [6.07, 6.45) is -0.293. The van der Waals surface area contributed by atoms with Crippen molar-refractivity contribution >= 4 is 47.4 Å². The van der Waals surface area contributed by atoms with E-state index in [-0.39, 0.29) is 96.3 Å². The number of carbonyl (C=O) groups is 3. The highest BCUT2D eigenvalue weighted by Gasteiger charge is 2.43. The van der Waals surface area contributed by atoms with Crippen LogP contribution in [0.1, 0.15) is 52.0 Å². The fraction of sp³-hybridized carbons (Fsp3) is 0.464. The number of hydrogen-bond donors (Lipinski definition) is 3. The SMILES string of the molecule is Cl.Cn1c(-c2cn(C3CC3)nc2C(F)(F)F)cnc1C(=O)Nc1ccc(C(=O)N2CCN(C(=O)C3(O)CCNC3)CC2)c(Cl)c1. The number of β-amino-alcohol motifs (C(OH)–C–C–N with tert-alkyl or cyclic N) is 1. The van der Waals surface area contributed by atoms with Crippen molar-refractivity contribution in [3.8, 4) is 11.3 Å². The number of alkyl halides is 3. The molecule has 3 amide bonds. The monoisotopic (exact) mass is 670 g/mol. The summed E-state index contributed by atoms with van der Waals surface area (Å²) in [5, 5.41) is 20.0. The summed E-state index contributed by atoms with van der Waals surface area (Å²) in [6, 6.07) is 4.30. The number of benzene rings is 1. The Morgan fingerprint density at radius 2 is 1.82 bits per heavy atom. The molecule has 17 heteroatoms.